The molecule has 15 heavy (non-hydrogen) atoms. The summed E-state index contributed by atoms with van der Waals surface area (Å²) in [5.41, 5.74) is -0.238. The van der Waals surface area contributed by atoms with E-state index in [0.717, 1.165) is 19.3 Å². The molecule has 0 bridgehead atoms. The molecular weight excluding hydrogens is 258 g/mol. The van der Waals surface area contributed by atoms with Crippen LogP contribution in [0.5, 0.6) is 0 Å². The minimum absolute atomic E-state index is 0.0194. The molecule has 1 heterocycles. The molecule has 88 valence electrons. The SMILES string of the molecule is CC(Br)C(C)(C)NC(=O)C1CCCCO1. The summed E-state index contributed by atoms with van der Waals surface area (Å²) in [6.45, 7) is 6.75. The molecule has 0 spiro atoms. The van der Waals surface area contributed by atoms with Gasteiger partial charge in [0, 0.05) is 17.0 Å². The quantitative estimate of drug-likeness (QED) is 0.804. The van der Waals surface area contributed by atoms with Gasteiger partial charge in [-0.3, -0.25) is 4.79 Å². The molecule has 0 saturated carbocycles. The van der Waals surface area contributed by atoms with Crippen LogP contribution in [0.25, 0.3) is 0 Å². The number of rotatable bonds is 3. The Kier molecular flexibility index (Phi) is 4.59. The summed E-state index contributed by atoms with van der Waals surface area (Å²) in [5.74, 6) is 0.0194. The van der Waals surface area contributed by atoms with E-state index in [9.17, 15) is 4.79 Å². The van der Waals surface area contributed by atoms with Crippen molar-refractivity contribution in [1.82, 2.24) is 5.32 Å². The van der Waals surface area contributed by atoms with Gasteiger partial charge in [-0.15, -0.1) is 0 Å². The maximum atomic E-state index is 11.9. The first-order valence-corrected chi connectivity index (χ1v) is 6.43. The van der Waals surface area contributed by atoms with Crippen LogP contribution in [-0.2, 0) is 9.53 Å². The molecule has 3 nitrogen and oxygen atoms in total. The molecule has 1 aliphatic rings. The number of ether oxygens (including phenoxy) is 1. The Morgan fingerprint density at radius 2 is 2.20 bits per heavy atom. The molecule has 1 N–H and O–H groups in total. The average Bonchev–Trinajstić information content (AvgIpc) is 2.18. The van der Waals surface area contributed by atoms with Crippen LogP contribution in [0.15, 0.2) is 0 Å². The van der Waals surface area contributed by atoms with Gasteiger partial charge in [0.1, 0.15) is 6.10 Å². The van der Waals surface area contributed by atoms with Crippen molar-refractivity contribution < 1.29 is 9.53 Å². The summed E-state index contributed by atoms with van der Waals surface area (Å²) in [5, 5.41) is 3.01. The Bertz CT molecular complexity index is 223. The van der Waals surface area contributed by atoms with Crippen LogP contribution < -0.4 is 5.32 Å². The third-order valence-electron chi connectivity index (χ3n) is 2.91. The van der Waals surface area contributed by atoms with Gasteiger partial charge in [-0.25, -0.2) is 0 Å². The second-order valence-corrected chi connectivity index (χ2v) is 6.06. The number of amides is 1. The number of nitrogens with one attached hydrogen (secondary N) is 1. The topological polar surface area (TPSA) is 38.3 Å². The lowest BCUT2D eigenvalue weighted by Gasteiger charge is -2.32. The maximum Gasteiger partial charge on any atom is 0.249 e. The molecule has 0 aliphatic carbocycles. The fraction of sp³-hybridized carbons (Fsp3) is 0.909. The minimum atomic E-state index is -0.246. The molecule has 2 atom stereocenters. The van der Waals surface area contributed by atoms with Crippen LogP contribution in [-0.4, -0.2) is 29.0 Å². The van der Waals surface area contributed by atoms with Gasteiger partial charge in [0.25, 0.3) is 0 Å². The zero-order valence-corrected chi connectivity index (χ0v) is 11.3. The van der Waals surface area contributed by atoms with E-state index in [-0.39, 0.29) is 22.4 Å². The van der Waals surface area contributed by atoms with Crippen LogP contribution in [0.4, 0.5) is 0 Å². The van der Waals surface area contributed by atoms with Crippen molar-refractivity contribution in [3.8, 4) is 0 Å². The van der Waals surface area contributed by atoms with Crippen molar-refractivity contribution in [3.63, 3.8) is 0 Å². The highest BCUT2D eigenvalue weighted by molar-refractivity contribution is 9.09. The zero-order valence-electron chi connectivity index (χ0n) is 9.68. The zero-order chi connectivity index (χ0) is 11.5. The van der Waals surface area contributed by atoms with Crippen molar-refractivity contribution >= 4 is 21.8 Å². The smallest absolute Gasteiger partial charge is 0.249 e. The molecule has 1 rings (SSSR count). The molecule has 4 heteroatoms. The van der Waals surface area contributed by atoms with E-state index in [4.69, 9.17) is 4.74 Å². The standard InChI is InChI=1S/C11H20BrNO2/c1-8(12)11(2,3)13-10(14)9-6-4-5-7-15-9/h8-9H,4-7H2,1-3H3,(H,13,14). The second-order valence-electron chi connectivity index (χ2n) is 4.68. The molecule has 1 amide bonds. The van der Waals surface area contributed by atoms with Crippen LogP contribution in [0.1, 0.15) is 40.0 Å². The molecule has 0 radical (unpaired) electrons. The predicted molar refractivity (Wildman–Crippen MR) is 64.2 cm³/mol. The molecule has 2 unspecified atom stereocenters. The average molecular weight is 278 g/mol. The first-order valence-electron chi connectivity index (χ1n) is 5.51. The van der Waals surface area contributed by atoms with Crippen molar-refractivity contribution in [2.45, 2.75) is 56.5 Å². The number of hydrogen-bond acceptors (Lipinski definition) is 2. The largest absolute Gasteiger partial charge is 0.368 e. The summed E-state index contributed by atoms with van der Waals surface area (Å²) >= 11 is 3.49. The van der Waals surface area contributed by atoms with Gasteiger partial charge < -0.3 is 10.1 Å². The molecule has 0 aromatic carbocycles. The van der Waals surface area contributed by atoms with E-state index in [1.54, 1.807) is 0 Å². The summed E-state index contributed by atoms with van der Waals surface area (Å²) in [6.07, 6.45) is 2.76. The van der Waals surface area contributed by atoms with Gasteiger partial charge in [-0.2, -0.15) is 0 Å². The number of alkyl halides is 1. The van der Waals surface area contributed by atoms with Gasteiger partial charge in [0.15, 0.2) is 0 Å². The van der Waals surface area contributed by atoms with Crippen molar-refractivity contribution in [3.05, 3.63) is 0 Å². The lowest BCUT2D eigenvalue weighted by molar-refractivity contribution is -0.137. The van der Waals surface area contributed by atoms with E-state index in [1.165, 1.54) is 0 Å². The van der Waals surface area contributed by atoms with Crippen molar-refractivity contribution in [2.24, 2.45) is 0 Å². The van der Waals surface area contributed by atoms with Crippen LogP contribution in [0, 0.1) is 0 Å². The lowest BCUT2D eigenvalue weighted by atomic mass is 10.0. The number of carbonyl (C=O) groups is 1. The van der Waals surface area contributed by atoms with Gasteiger partial charge >= 0.3 is 0 Å². The van der Waals surface area contributed by atoms with E-state index in [0.29, 0.717) is 6.61 Å². The normalized spacial score (nSPS) is 24.7. The molecule has 0 aromatic rings. The second kappa shape index (κ2) is 5.30. The maximum absolute atomic E-state index is 11.9. The molecule has 1 aliphatic heterocycles. The van der Waals surface area contributed by atoms with Crippen LogP contribution in [0.3, 0.4) is 0 Å². The van der Waals surface area contributed by atoms with Gasteiger partial charge in [-0.05, 0) is 33.1 Å². The van der Waals surface area contributed by atoms with Gasteiger partial charge in [0.2, 0.25) is 5.91 Å². The van der Waals surface area contributed by atoms with Gasteiger partial charge in [-0.1, -0.05) is 22.9 Å². The lowest BCUT2D eigenvalue weighted by Crippen LogP contribution is -2.53. The van der Waals surface area contributed by atoms with Crippen LogP contribution in [0.2, 0.25) is 0 Å². The summed E-state index contributed by atoms with van der Waals surface area (Å²) in [4.78, 5) is 12.1. The monoisotopic (exact) mass is 277 g/mol. The molecular formula is C11H20BrNO2. The third-order valence-corrected chi connectivity index (χ3v) is 4.06. The highest BCUT2D eigenvalue weighted by Gasteiger charge is 2.30. The van der Waals surface area contributed by atoms with E-state index in [1.807, 2.05) is 20.8 Å². The first kappa shape index (κ1) is 13.0. The predicted octanol–water partition coefficient (Wildman–Crippen LogP) is 2.23. The third kappa shape index (κ3) is 3.76. The Labute approximate surface area is 100 Å². The first-order chi connectivity index (χ1) is 6.93. The Morgan fingerprint density at radius 1 is 1.53 bits per heavy atom. The summed E-state index contributed by atoms with van der Waals surface area (Å²) < 4.78 is 5.44. The highest BCUT2D eigenvalue weighted by atomic mass is 79.9. The summed E-state index contributed by atoms with van der Waals surface area (Å²) in [7, 11) is 0. The molecule has 1 fully saturated rings. The fourth-order valence-electron chi connectivity index (χ4n) is 1.44. The fourth-order valence-corrected chi connectivity index (χ4v) is 1.56. The Hall–Kier alpha value is -0.0900. The highest BCUT2D eigenvalue weighted by Crippen LogP contribution is 2.19. The number of halogens is 1. The summed E-state index contributed by atoms with van der Waals surface area (Å²) in [6, 6.07) is 0. The molecule has 0 aromatic heterocycles. The Morgan fingerprint density at radius 3 is 2.67 bits per heavy atom. The molecule has 1 saturated heterocycles. The Balaban J connectivity index is 2.47. The van der Waals surface area contributed by atoms with E-state index < -0.39 is 0 Å². The van der Waals surface area contributed by atoms with E-state index in [2.05, 4.69) is 21.2 Å². The van der Waals surface area contributed by atoms with E-state index >= 15 is 0 Å². The van der Waals surface area contributed by atoms with Gasteiger partial charge in [0.05, 0.1) is 0 Å². The minimum Gasteiger partial charge on any atom is -0.368 e. The van der Waals surface area contributed by atoms with Crippen molar-refractivity contribution in [2.75, 3.05) is 6.61 Å². The van der Waals surface area contributed by atoms with Crippen molar-refractivity contribution in [1.29, 1.82) is 0 Å². The number of carbonyl (C=O) groups excluding carboxylic acids is 1. The van der Waals surface area contributed by atoms with Crippen LogP contribution >= 0.6 is 15.9 Å². The number of hydrogen-bond donors (Lipinski definition) is 1.